The number of carbonyl (C=O) groups excluding carboxylic acids is 2. The van der Waals surface area contributed by atoms with Gasteiger partial charge in [-0.25, -0.2) is 4.79 Å². The zero-order valence-electron chi connectivity index (χ0n) is 12.8. The summed E-state index contributed by atoms with van der Waals surface area (Å²) in [6, 6.07) is 9.17. The Bertz CT molecular complexity index is 765. The Balaban J connectivity index is 1.53. The summed E-state index contributed by atoms with van der Waals surface area (Å²) in [5.74, 6) is 0.903. The first-order valence-corrected chi connectivity index (χ1v) is 7.75. The highest BCUT2D eigenvalue weighted by atomic mass is 16.5. The Kier molecular flexibility index (Phi) is 3.22. The summed E-state index contributed by atoms with van der Waals surface area (Å²) in [5, 5.41) is 0. The van der Waals surface area contributed by atoms with Gasteiger partial charge in [-0.15, -0.1) is 0 Å². The molecule has 1 aromatic carbocycles. The van der Waals surface area contributed by atoms with Crippen LogP contribution in [0, 0.1) is 5.92 Å². The van der Waals surface area contributed by atoms with E-state index in [1.165, 1.54) is 7.11 Å². The molecule has 1 amide bonds. The second kappa shape index (κ2) is 5.26. The van der Waals surface area contributed by atoms with Gasteiger partial charge in [-0.1, -0.05) is 0 Å². The van der Waals surface area contributed by atoms with Crippen molar-refractivity contribution in [3.05, 3.63) is 53.5 Å². The Morgan fingerprint density at radius 3 is 2.91 bits per heavy atom. The van der Waals surface area contributed by atoms with Crippen LogP contribution in [-0.2, 0) is 16.0 Å². The van der Waals surface area contributed by atoms with Gasteiger partial charge in [0.2, 0.25) is 5.91 Å². The molecule has 1 aliphatic heterocycles. The van der Waals surface area contributed by atoms with E-state index in [1.54, 1.807) is 12.3 Å². The summed E-state index contributed by atoms with van der Waals surface area (Å²) < 4.78 is 10.1. The van der Waals surface area contributed by atoms with Crippen molar-refractivity contribution in [1.82, 2.24) is 0 Å². The molecule has 118 valence electrons. The van der Waals surface area contributed by atoms with Gasteiger partial charge in [0.15, 0.2) is 0 Å². The predicted molar refractivity (Wildman–Crippen MR) is 83.4 cm³/mol. The van der Waals surface area contributed by atoms with Gasteiger partial charge in [0.1, 0.15) is 5.76 Å². The van der Waals surface area contributed by atoms with Crippen molar-refractivity contribution < 1.29 is 18.7 Å². The Labute approximate surface area is 133 Å². The Morgan fingerprint density at radius 1 is 1.30 bits per heavy atom. The minimum atomic E-state index is -0.349. The summed E-state index contributed by atoms with van der Waals surface area (Å²) >= 11 is 0. The molecule has 1 saturated carbocycles. The van der Waals surface area contributed by atoms with Crippen LogP contribution in [0.25, 0.3) is 0 Å². The van der Waals surface area contributed by atoms with Crippen molar-refractivity contribution in [2.24, 2.45) is 5.92 Å². The number of nitrogens with zero attached hydrogens (tertiary/aromatic N) is 1. The lowest BCUT2D eigenvalue weighted by Gasteiger charge is -2.17. The Hall–Kier alpha value is -2.56. The number of methoxy groups -OCH3 is 1. The fraction of sp³-hybridized carbons (Fsp3) is 0.333. The molecule has 0 saturated heterocycles. The fourth-order valence-electron chi connectivity index (χ4n) is 3.36. The van der Waals surface area contributed by atoms with Crippen LogP contribution in [0.4, 0.5) is 5.69 Å². The van der Waals surface area contributed by atoms with E-state index in [1.807, 2.05) is 29.2 Å². The van der Waals surface area contributed by atoms with Gasteiger partial charge in [0.05, 0.1) is 18.9 Å². The average molecular weight is 311 g/mol. The topological polar surface area (TPSA) is 59.8 Å². The second-order valence-corrected chi connectivity index (χ2v) is 6.04. The molecule has 2 aromatic rings. The molecule has 4 rings (SSSR count). The number of hydrogen-bond donors (Lipinski definition) is 0. The number of hydrogen-bond acceptors (Lipinski definition) is 4. The van der Waals surface area contributed by atoms with Crippen molar-refractivity contribution in [2.75, 3.05) is 18.6 Å². The number of benzene rings is 1. The molecule has 2 unspecified atom stereocenters. The zero-order chi connectivity index (χ0) is 16.0. The van der Waals surface area contributed by atoms with Crippen LogP contribution in [0.2, 0.25) is 0 Å². The molecule has 1 aliphatic carbocycles. The van der Waals surface area contributed by atoms with E-state index in [4.69, 9.17) is 9.15 Å². The first-order valence-electron chi connectivity index (χ1n) is 7.75. The maximum absolute atomic E-state index is 12.7. The number of esters is 1. The van der Waals surface area contributed by atoms with Crippen molar-refractivity contribution >= 4 is 17.6 Å². The third-order valence-electron chi connectivity index (χ3n) is 4.68. The third kappa shape index (κ3) is 2.32. The molecular formula is C18H17NO4. The van der Waals surface area contributed by atoms with Gasteiger partial charge in [0, 0.05) is 24.1 Å². The molecule has 2 heterocycles. The second-order valence-electron chi connectivity index (χ2n) is 6.04. The highest BCUT2D eigenvalue weighted by Crippen LogP contribution is 2.49. The zero-order valence-corrected chi connectivity index (χ0v) is 12.8. The van der Waals surface area contributed by atoms with E-state index in [2.05, 4.69) is 0 Å². The summed E-state index contributed by atoms with van der Waals surface area (Å²) in [6.07, 6.45) is 3.26. The normalized spacial score (nSPS) is 21.9. The Morgan fingerprint density at radius 2 is 2.17 bits per heavy atom. The standard InChI is InChI=1S/C18H17NO4/c1-22-18(21)12-4-5-15-11(9-12)6-7-19(15)17(20)14-10-13(14)16-3-2-8-23-16/h2-5,8-9,13-14H,6-7,10H2,1H3. The molecule has 1 aromatic heterocycles. The number of carbonyl (C=O) groups is 2. The van der Waals surface area contributed by atoms with Crippen LogP contribution in [0.3, 0.4) is 0 Å². The summed E-state index contributed by atoms with van der Waals surface area (Å²) in [5.41, 5.74) is 2.46. The lowest BCUT2D eigenvalue weighted by Crippen LogP contribution is -2.30. The third-order valence-corrected chi connectivity index (χ3v) is 4.68. The first kappa shape index (κ1) is 14.1. The van der Waals surface area contributed by atoms with Crippen molar-refractivity contribution in [3.8, 4) is 0 Å². The molecule has 0 spiro atoms. The van der Waals surface area contributed by atoms with Crippen LogP contribution in [0.5, 0.6) is 0 Å². The van der Waals surface area contributed by atoms with Gasteiger partial charge in [-0.3, -0.25) is 4.79 Å². The molecule has 5 nitrogen and oxygen atoms in total. The highest BCUT2D eigenvalue weighted by Gasteiger charge is 2.48. The number of rotatable bonds is 3. The molecular weight excluding hydrogens is 294 g/mol. The monoisotopic (exact) mass is 311 g/mol. The SMILES string of the molecule is COC(=O)c1ccc2c(c1)CCN2C(=O)C1CC1c1ccco1. The number of amides is 1. The van der Waals surface area contributed by atoms with Crippen molar-refractivity contribution in [3.63, 3.8) is 0 Å². The number of fused-ring (bicyclic) bond motifs is 1. The molecule has 0 N–H and O–H groups in total. The quantitative estimate of drug-likeness (QED) is 0.818. The maximum Gasteiger partial charge on any atom is 0.337 e. The van der Waals surface area contributed by atoms with Gasteiger partial charge < -0.3 is 14.1 Å². The van der Waals surface area contributed by atoms with E-state index in [9.17, 15) is 9.59 Å². The highest BCUT2D eigenvalue weighted by molar-refractivity contribution is 6.00. The first-order chi connectivity index (χ1) is 11.2. The van der Waals surface area contributed by atoms with Crippen LogP contribution < -0.4 is 4.90 Å². The van der Waals surface area contributed by atoms with E-state index in [-0.39, 0.29) is 23.7 Å². The van der Waals surface area contributed by atoms with Gasteiger partial charge in [-0.2, -0.15) is 0 Å². The van der Waals surface area contributed by atoms with Crippen molar-refractivity contribution in [2.45, 2.75) is 18.8 Å². The van der Waals surface area contributed by atoms with Crippen LogP contribution in [0.15, 0.2) is 41.0 Å². The predicted octanol–water partition coefficient (Wildman–Crippen LogP) is 2.76. The summed E-state index contributed by atoms with van der Waals surface area (Å²) in [6.45, 7) is 0.667. The van der Waals surface area contributed by atoms with Crippen LogP contribution >= 0.6 is 0 Å². The average Bonchev–Trinajstić information content (AvgIpc) is 3.00. The smallest absolute Gasteiger partial charge is 0.337 e. The minimum Gasteiger partial charge on any atom is -0.469 e. The fourth-order valence-corrected chi connectivity index (χ4v) is 3.36. The molecule has 0 radical (unpaired) electrons. The molecule has 23 heavy (non-hydrogen) atoms. The molecule has 5 heteroatoms. The molecule has 0 bridgehead atoms. The van der Waals surface area contributed by atoms with E-state index < -0.39 is 0 Å². The largest absolute Gasteiger partial charge is 0.469 e. The van der Waals surface area contributed by atoms with E-state index >= 15 is 0 Å². The van der Waals surface area contributed by atoms with E-state index in [0.717, 1.165) is 29.9 Å². The molecule has 2 atom stereocenters. The van der Waals surface area contributed by atoms with Crippen molar-refractivity contribution in [1.29, 1.82) is 0 Å². The number of ether oxygens (including phenoxy) is 1. The van der Waals surface area contributed by atoms with Crippen LogP contribution in [-0.4, -0.2) is 25.5 Å². The van der Waals surface area contributed by atoms with Gasteiger partial charge in [0.25, 0.3) is 0 Å². The maximum atomic E-state index is 12.7. The summed E-state index contributed by atoms with van der Waals surface area (Å²) in [4.78, 5) is 26.2. The number of furan rings is 1. The van der Waals surface area contributed by atoms with Crippen LogP contribution in [0.1, 0.15) is 34.0 Å². The minimum absolute atomic E-state index is 0.00684. The van der Waals surface area contributed by atoms with E-state index in [0.29, 0.717) is 12.1 Å². The lowest BCUT2D eigenvalue weighted by molar-refractivity contribution is -0.119. The van der Waals surface area contributed by atoms with Gasteiger partial charge in [-0.05, 0) is 48.7 Å². The summed E-state index contributed by atoms with van der Waals surface area (Å²) in [7, 11) is 1.37. The number of anilines is 1. The van der Waals surface area contributed by atoms with Gasteiger partial charge >= 0.3 is 5.97 Å². The lowest BCUT2D eigenvalue weighted by atomic mass is 10.1. The molecule has 2 aliphatic rings. The molecule has 1 fully saturated rings.